The molecule has 1 aromatic rings. The van der Waals surface area contributed by atoms with E-state index in [1.807, 2.05) is 12.1 Å². The molecular formula is C20H29NO4. The van der Waals surface area contributed by atoms with Gasteiger partial charge in [-0.15, -0.1) is 0 Å². The molecule has 1 N–H and O–H groups in total. The molecular weight excluding hydrogens is 318 g/mol. The molecule has 138 valence electrons. The van der Waals surface area contributed by atoms with E-state index in [0.717, 1.165) is 12.0 Å². The van der Waals surface area contributed by atoms with E-state index in [1.165, 1.54) is 12.8 Å². The highest BCUT2D eigenvalue weighted by Gasteiger charge is 2.27. The van der Waals surface area contributed by atoms with Gasteiger partial charge in [0.15, 0.2) is 11.5 Å². The van der Waals surface area contributed by atoms with Crippen molar-refractivity contribution in [1.29, 1.82) is 0 Å². The number of ether oxygens (including phenoxy) is 3. The molecule has 0 spiro atoms. The average molecular weight is 347 g/mol. The van der Waals surface area contributed by atoms with Gasteiger partial charge in [0.25, 0.3) is 0 Å². The summed E-state index contributed by atoms with van der Waals surface area (Å²) in [5, 5.41) is 3.14. The normalized spacial score (nSPS) is 23.3. The molecule has 0 bridgehead atoms. The van der Waals surface area contributed by atoms with E-state index in [1.54, 1.807) is 33.5 Å². The SMILES string of the molecule is COc1cc(/C=C/C(=O)NC2CCCC(C)C2C)cc(OC)c1OC. The van der Waals surface area contributed by atoms with Crippen molar-refractivity contribution in [2.24, 2.45) is 11.8 Å². The van der Waals surface area contributed by atoms with E-state index in [4.69, 9.17) is 14.2 Å². The largest absolute Gasteiger partial charge is 0.493 e. The summed E-state index contributed by atoms with van der Waals surface area (Å²) in [5.74, 6) is 2.76. The van der Waals surface area contributed by atoms with Crippen LogP contribution in [0.4, 0.5) is 0 Å². The molecule has 0 radical (unpaired) electrons. The van der Waals surface area contributed by atoms with Crippen LogP contribution >= 0.6 is 0 Å². The third-order valence-electron chi connectivity index (χ3n) is 5.15. The summed E-state index contributed by atoms with van der Waals surface area (Å²) in [6.07, 6.45) is 6.79. The Bertz CT molecular complexity index is 601. The summed E-state index contributed by atoms with van der Waals surface area (Å²) in [4.78, 5) is 12.3. The van der Waals surface area contributed by atoms with Crippen molar-refractivity contribution in [3.8, 4) is 17.2 Å². The van der Waals surface area contributed by atoms with Crippen molar-refractivity contribution in [3.63, 3.8) is 0 Å². The maximum Gasteiger partial charge on any atom is 0.244 e. The van der Waals surface area contributed by atoms with Crippen LogP contribution in [0.2, 0.25) is 0 Å². The third-order valence-corrected chi connectivity index (χ3v) is 5.15. The first-order valence-corrected chi connectivity index (χ1v) is 8.78. The van der Waals surface area contributed by atoms with Crippen LogP contribution in [0.25, 0.3) is 6.08 Å². The number of hydrogen-bond donors (Lipinski definition) is 1. The fraction of sp³-hybridized carbons (Fsp3) is 0.550. The Balaban J connectivity index is 2.09. The van der Waals surface area contributed by atoms with Crippen molar-refractivity contribution in [1.82, 2.24) is 5.32 Å². The predicted molar refractivity (Wildman–Crippen MR) is 99.2 cm³/mol. The van der Waals surface area contributed by atoms with Crippen molar-refractivity contribution in [3.05, 3.63) is 23.8 Å². The summed E-state index contributed by atoms with van der Waals surface area (Å²) in [6.45, 7) is 4.48. The molecule has 3 unspecified atom stereocenters. The van der Waals surface area contributed by atoms with Gasteiger partial charge >= 0.3 is 0 Å². The Morgan fingerprint density at radius 2 is 1.72 bits per heavy atom. The lowest BCUT2D eigenvalue weighted by Gasteiger charge is -2.34. The summed E-state index contributed by atoms with van der Waals surface area (Å²) in [6, 6.07) is 3.88. The summed E-state index contributed by atoms with van der Waals surface area (Å²) in [7, 11) is 4.71. The molecule has 1 saturated carbocycles. The Morgan fingerprint density at radius 3 is 2.28 bits per heavy atom. The standard InChI is InChI=1S/C20H29NO4/c1-13-7-6-8-16(14(13)2)21-19(22)10-9-15-11-17(23-3)20(25-5)18(12-15)24-4/h9-14,16H,6-8H2,1-5H3,(H,21,22)/b10-9+. The lowest BCUT2D eigenvalue weighted by Crippen LogP contribution is -2.43. The number of rotatable bonds is 6. The van der Waals surface area contributed by atoms with E-state index in [0.29, 0.717) is 29.1 Å². The molecule has 0 saturated heterocycles. The molecule has 5 nitrogen and oxygen atoms in total. The molecule has 0 aromatic heterocycles. The Kier molecular flexibility index (Phi) is 6.73. The monoisotopic (exact) mass is 347 g/mol. The molecule has 0 heterocycles. The number of benzene rings is 1. The topological polar surface area (TPSA) is 56.8 Å². The second-order valence-electron chi connectivity index (χ2n) is 6.67. The van der Waals surface area contributed by atoms with Crippen molar-refractivity contribution >= 4 is 12.0 Å². The van der Waals surface area contributed by atoms with E-state index < -0.39 is 0 Å². The number of amides is 1. The zero-order valence-electron chi connectivity index (χ0n) is 15.8. The quantitative estimate of drug-likeness (QED) is 0.798. The molecule has 3 atom stereocenters. The number of methoxy groups -OCH3 is 3. The fourth-order valence-electron chi connectivity index (χ4n) is 3.39. The van der Waals surface area contributed by atoms with E-state index in [2.05, 4.69) is 19.2 Å². The van der Waals surface area contributed by atoms with Crippen molar-refractivity contribution < 1.29 is 19.0 Å². The number of hydrogen-bond acceptors (Lipinski definition) is 4. The number of carbonyl (C=O) groups excluding carboxylic acids is 1. The number of nitrogens with one attached hydrogen (secondary N) is 1. The molecule has 1 amide bonds. The van der Waals surface area contributed by atoms with Gasteiger partial charge in [-0.1, -0.05) is 26.7 Å². The molecule has 1 aromatic carbocycles. The zero-order valence-corrected chi connectivity index (χ0v) is 15.8. The molecule has 25 heavy (non-hydrogen) atoms. The second kappa shape index (κ2) is 8.79. The maximum atomic E-state index is 12.3. The van der Waals surface area contributed by atoms with Gasteiger partial charge in [0.1, 0.15) is 0 Å². The van der Waals surface area contributed by atoms with E-state index in [9.17, 15) is 4.79 Å². The molecule has 2 rings (SSSR count). The van der Waals surface area contributed by atoms with Crippen LogP contribution in [0.3, 0.4) is 0 Å². The van der Waals surface area contributed by atoms with Gasteiger partial charge < -0.3 is 19.5 Å². The van der Waals surface area contributed by atoms with Gasteiger partial charge in [0.2, 0.25) is 11.7 Å². The van der Waals surface area contributed by atoms with Crippen LogP contribution in [0, 0.1) is 11.8 Å². The van der Waals surface area contributed by atoms with Gasteiger partial charge in [-0.25, -0.2) is 0 Å². The van der Waals surface area contributed by atoms with Gasteiger partial charge in [-0.3, -0.25) is 4.79 Å². The fourth-order valence-corrected chi connectivity index (χ4v) is 3.39. The van der Waals surface area contributed by atoms with Crippen LogP contribution in [0.5, 0.6) is 17.2 Å². The number of carbonyl (C=O) groups is 1. The predicted octanol–water partition coefficient (Wildman–Crippen LogP) is 3.67. The van der Waals surface area contributed by atoms with Crippen molar-refractivity contribution in [2.75, 3.05) is 21.3 Å². The van der Waals surface area contributed by atoms with Gasteiger partial charge in [-0.2, -0.15) is 0 Å². The molecule has 1 aliphatic rings. The molecule has 1 fully saturated rings. The first-order valence-electron chi connectivity index (χ1n) is 8.78. The minimum Gasteiger partial charge on any atom is -0.493 e. The smallest absolute Gasteiger partial charge is 0.244 e. The molecule has 0 aliphatic heterocycles. The van der Waals surface area contributed by atoms with Crippen LogP contribution in [0.1, 0.15) is 38.7 Å². The average Bonchev–Trinajstić information content (AvgIpc) is 2.62. The van der Waals surface area contributed by atoms with E-state index >= 15 is 0 Å². The van der Waals surface area contributed by atoms with Crippen LogP contribution in [-0.4, -0.2) is 33.3 Å². The van der Waals surface area contributed by atoms with Crippen LogP contribution in [-0.2, 0) is 4.79 Å². The minimum absolute atomic E-state index is 0.0697. The Morgan fingerprint density at radius 1 is 1.08 bits per heavy atom. The highest BCUT2D eigenvalue weighted by molar-refractivity contribution is 5.92. The summed E-state index contributed by atoms with van der Waals surface area (Å²) >= 11 is 0. The summed E-state index contributed by atoms with van der Waals surface area (Å²) in [5.41, 5.74) is 0.815. The van der Waals surface area contributed by atoms with Crippen molar-refractivity contribution in [2.45, 2.75) is 39.2 Å². The lowest BCUT2D eigenvalue weighted by atomic mass is 9.78. The van der Waals surface area contributed by atoms with Crippen LogP contribution < -0.4 is 19.5 Å². The highest BCUT2D eigenvalue weighted by Crippen LogP contribution is 2.38. The highest BCUT2D eigenvalue weighted by atomic mass is 16.5. The van der Waals surface area contributed by atoms with E-state index in [-0.39, 0.29) is 11.9 Å². The minimum atomic E-state index is -0.0697. The summed E-state index contributed by atoms with van der Waals surface area (Å²) < 4.78 is 16.0. The Labute approximate surface area is 150 Å². The first-order chi connectivity index (χ1) is 12.0. The van der Waals surface area contributed by atoms with Crippen LogP contribution in [0.15, 0.2) is 18.2 Å². The van der Waals surface area contributed by atoms with Gasteiger partial charge in [0, 0.05) is 12.1 Å². The first kappa shape index (κ1) is 19.2. The lowest BCUT2D eigenvalue weighted by molar-refractivity contribution is -0.117. The maximum absolute atomic E-state index is 12.3. The zero-order chi connectivity index (χ0) is 18.4. The third kappa shape index (κ3) is 4.68. The molecule has 5 heteroatoms. The Hall–Kier alpha value is -2.17. The van der Waals surface area contributed by atoms with Gasteiger partial charge in [-0.05, 0) is 42.0 Å². The molecule has 1 aliphatic carbocycles. The second-order valence-corrected chi connectivity index (χ2v) is 6.67. The van der Waals surface area contributed by atoms with Gasteiger partial charge in [0.05, 0.1) is 21.3 Å².